The first-order valence-electron chi connectivity index (χ1n) is 6.48. The van der Waals surface area contributed by atoms with E-state index in [9.17, 15) is 9.90 Å². The standard InChI is InChI=1S/C15H15NO2S2/c17-12-3-1-2-10(6-12)8-16-15(18)14-7-11-9-19-5-4-13(11)20-14/h1-3,6-7,17H,4-5,8-9H2,(H,16,18). The number of carbonyl (C=O) groups excluding carboxylic acids is 1. The molecular weight excluding hydrogens is 290 g/mol. The Balaban J connectivity index is 1.66. The number of hydrogen-bond donors (Lipinski definition) is 2. The molecule has 3 nitrogen and oxygen atoms in total. The van der Waals surface area contributed by atoms with Crippen LogP contribution < -0.4 is 5.32 Å². The number of amides is 1. The molecule has 1 aliphatic heterocycles. The average Bonchev–Trinajstić information content (AvgIpc) is 2.89. The molecule has 5 heteroatoms. The Hall–Kier alpha value is -1.46. The summed E-state index contributed by atoms with van der Waals surface area (Å²) < 4.78 is 0. The fourth-order valence-electron chi connectivity index (χ4n) is 2.19. The number of nitrogens with one attached hydrogen (secondary N) is 1. The van der Waals surface area contributed by atoms with Gasteiger partial charge in [0, 0.05) is 17.2 Å². The van der Waals surface area contributed by atoms with Crippen LogP contribution in [0.15, 0.2) is 30.3 Å². The number of hydrogen-bond acceptors (Lipinski definition) is 4. The third-order valence-electron chi connectivity index (χ3n) is 3.22. The second kappa shape index (κ2) is 5.89. The number of aryl methyl sites for hydroxylation is 1. The molecular formula is C15H15NO2S2. The van der Waals surface area contributed by atoms with Crippen molar-refractivity contribution in [2.45, 2.75) is 18.7 Å². The predicted octanol–water partition coefficient (Wildman–Crippen LogP) is 3.17. The van der Waals surface area contributed by atoms with Crippen molar-refractivity contribution < 1.29 is 9.90 Å². The van der Waals surface area contributed by atoms with Gasteiger partial charge in [-0.3, -0.25) is 4.79 Å². The topological polar surface area (TPSA) is 49.3 Å². The van der Waals surface area contributed by atoms with Crippen molar-refractivity contribution in [2.24, 2.45) is 0 Å². The zero-order valence-electron chi connectivity index (χ0n) is 10.9. The molecule has 0 spiro atoms. The van der Waals surface area contributed by atoms with Crippen molar-refractivity contribution >= 4 is 29.0 Å². The second-order valence-corrected chi connectivity index (χ2v) is 6.96. The third kappa shape index (κ3) is 2.99. The van der Waals surface area contributed by atoms with Crippen LogP contribution in [0.4, 0.5) is 0 Å². The summed E-state index contributed by atoms with van der Waals surface area (Å²) in [6.45, 7) is 0.435. The second-order valence-electron chi connectivity index (χ2n) is 4.71. The molecule has 0 bridgehead atoms. The van der Waals surface area contributed by atoms with Crippen LogP contribution in [-0.2, 0) is 18.7 Å². The molecule has 1 amide bonds. The lowest BCUT2D eigenvalue weighted by molar-refractivity contribution is 0.0955. The largest absolute Gasteiger partial charge is 0.508 e. The van der Waals surface area contributed by atoms with Crippen molar-refractivity contribution in [1.82, 2.24) is 5.32 Å². The molecule has 20 heavy (non-hydrogen) atoms. The summed E-state index contributed by atoms with van der Waals surface area (Å²) in [5.41, 5.74) is 2.21. The van der Waals surface area contributed by atoms with E-state index in [0.717, 1.165) is 28.4 Å². The maximum absolute atomic E-state index is 12.2. The van der Waals surface area contributed by atoms with E-state index in [-0.39, 0.29) is 11.7 Å². The Kier molecular flexibility index (Phi) is 3.98. The van der Waals surface area contributed by atoms with E-state index < -0.39 is 0 Å². The molecule has 0 aliphatic carbocycles. The molecule has 1 aliphatic rings. The Morgan fingerprint density at radius 2 is 2.25 bits per heavy atom. The number of benzene rings is 1. The third-order valence-corrected chi connectivity index (χ3v) is 5.46. The molecule has 2 heterocycles. The van der Waals surface area contributed by atoms with Crippen molar-refractivity contribution in [3.63, 3.8) is 0 Å². The van der Waals surface area contributed by atoms with Crippen LogP contribution in [0.5, 0.6) is 5.75 Å². The Labute approximate surface area is 126 Å². The molecule has 0 atom stereocenters. The van der Waals surface area contributed by atoms with E-state index in [1.54, 1.807) is 29.5 Å². The number of rotatable bonds is 3. The lowest BCUT2D eigenvalue weighted by Crippen LogP contribution is -2.21. The Bertz CT molecular complexity index is 613. The van der Waals surface area contributed by atoms with E-state index in [4.69, 9.17) is 0 Å². The number of carbonyl (C=O) groups is 1. The fourth-order valence-corrected chi connectivity index (χ4v) is 4.48. The van der Waals surface area contributed by atoms with Gasteiger partial charge in [-0.25, -0.2) is 0 Å². The first-order chi connectivity index (χ1) is 9.72. The average molecular weight is 305 g/mol. The summed E-state index contributed by atoms with van der Waals surface area (Å²) in [5, 5.41) is 12.3. The van der Waals surface area contributed by atoms with Gasteiger partial charge in [-0.2, -0.15) is 11.8 Å². The molecule has 2 N–H and O–H groups in total. The minimum Gasteiger partial charge on any atom is -0.508 e. The first kappa shape index (κ1) is 13.5. The number of aromatic hydroxyl groups is 1. The minimum absolute atomic E-state index is 0.0299. The zero-order valence-corrected chi connectivity index (χ0v) is 12.5. The number of phenols is 1. The smallest absolute Gasteiger partial charge is 0.261 e. The van der Waals surface area contributed by atoms with Crippen LogP contribution in [0.1, 0.15) is 25.7 Å². The molecule has 1 aromatic heterocycles. The molecule has 3 rings (SSSR count). The number of phenolic OH excluding ortho intramolecular Hbond substituents is 1. The SMILES string of the molecule is O=C(NCc1cccc(O)c1)c1cc2c(s1)CCSC2. The van der Waals surface area contributed by atoms with Gasteiger partial charge in [-0.05, 0) is 41.5 Å². The summed E-state index contributed by atoms with van der Waals surface area (Å²) in [6, 6.07) is 8.96. The number of fused-ring (bicyclic) bond motifs is 1. The van der Waals surface area contributed by atoms with E-state index in [2.05, 4.69) is 5.32 Å². The van der Waals surface area contributed by atoms with Crippen molar-refractivity contribution in [3.8, 4) is 5.75 Å². The van der Waals surface area contributed by atoms with Crippen LogP contribution in [-0.4, -0.2) is 16.8 Å². The van der Waals surface area contributed by atoms with Gasteiger partial charge in [0.15, 0.2) is 0 Å². The van der Waals surface area contributed by atoms with Gasteiger partial charge in [0.1, 0.15) is 5.75 Å². The van der Waals surface area contributed by atoms with Crippen molar-refractivity contribution in [1.29, 1.82) is 0 Å². The van der Waals surface area contributed by atoms with Crippen LogP contribution in [0, 0.1) is 0 Å². The van der Waals surface area contributed by atoms with Gasteiger partial charge < -0.3 is 10.4 Å². The van der Waals surface area contributed by atoms with Gasteiger partial charge >= 0.3 is 0 Å². The summed E-state index contributed by atoms with van der Waals surface area (Å²) in [6.07, 6.45) is 1.07. The Morgan fingerprint density at radius 1 is 1.35 bits per heavy atom. The number of thiophene rings is 1. The quantitative estimate of drug-likeness (QED) is 0.915. The molecule has 0 saturated heterocycles. The van der Waals surface area contributed by atoms with Crippen molar-refractivity contribution in [2.75, 3.05) is 5.75 Å². The maximum atomic E-state index is 12.2. The van der Waals surface area contributed by atoms with Gasteiger partial charge in [-0.15, -0.1) is 11.3 Å². The van der Waals surface area contributed by atoms with E-state index in [0.29, 0.717) is 6.54 Å². The summed E-state index contributed by atoms with van der Waals surface area (Å²) in [5.74, 6) is 2.36. The highest BCUT2D eigenvalue weighted by Crippen LogP contribution is 2.31. The van der Waals surface area contributed by atoms with Crippen molar-refractivity contribution in [3.05, 3.63) is 51.2 Å². The van der Waals surface area contributed by atoms with Gasteiger partial charge in [-0.1, -0.05) is 12.1 Å². The molecule has 0 fully saturated rings. The van der Waals surface area contributed by atoms with Gasteiger partial charge in [0.25, 0.3) is 5.91 Å². The highest BCUT2D eigenvalue weighted by molar-refractivity contribution is 7.98. The molecule has 0 radical (unpaired) electrons. The highest BCUT2D eigenvalue weighted by Gasteiger charge is 2.17. The molecule has 2 aromatic rings. The number of thioether (sulfide) groups is 1. The normalized spacial score (nSPS) is 13.8. The maximum Gasteiger partial charge on any atom is 0.261 e. The van der Waals surface area contributed by atoms with Gasteiger partial charge in [0.2, 0.25) is 0 Å². The van der Waals surface area contributed by atoms with Crippen LogP contribution in [0.2, 0.25) is 0 Å². The van der Waals surface area contributed by atoms with E-state index in [1.807, 2.05) is 23.9 Å². The van der Waals surface area contributed by atoms with E-state index >= 15 is 0 Å². The van der Waals surface area contributed by atoms with Crippen LogP contribution in [0.3, 0.4) is 0 Å². The predicted molar refractivity (Wildman–Crippen MR) is 83.5 cm³/mol. The van der Waals surface area contributed by atoms with Crippen LogP contribution >= 0.6 is 23.1 Å². The highest BCUT2D eigenvalue weighted by atomic mass is 32.2. The summed E-state index contributed by atoms with van der Waals surface area (Å²) in [7, 11) is 0. The first-order valence-corrected chi connectivity index (χ1v) is 8.45. The molecule has 104 valence electrons. The molecule has 0 saturated carbocycles. The summed E-state index contributed by atoms with van der Waals surface area (Å²) in [4.78, 5) is 14.3. The van der Waals surface area contributed by atoms with Crippen LogP contribution in [0.25, 0.3) is 0 Å². The molecule has 1 aromatic carbocycles. The lowest BCUT2D eigenvalue weighted by atomic mass is 10.2. The van der Waals surface area contributed by atoms with E-state index in [1.165, 1.54) is 10.4 Å². The van der Waals surface area contributed by atoms with Gasteiger partial charge in [0.05, 0.1) is 4.88 Å². The Morgan fingerprint density at radius 3 is 3.05 bits per heavy atom. The molecule has 0 unspecified atom stereocenters. The fraction of sp³-hybridized carbons (Fsp3) is 0.267. The zero-order chi connectivity index (χ0) is 13.9. The monoisotopic (exact) mass is 305 g/mol. The lowest BCUT2D eigenvalue weighted by Gasteiger charge is -2.08. The summed E-state index contributed by atoms with van der Waals surface area (Å²) >= 11 is 3.53. The minimum atomic E-state index is -0.0299.